The first kappa shape index (κ1) is 14.6. The van der Waals surface area contributed by atoms with Gasteiger partial charge in [-0.2, -0.15) is 13.2 Å². The van der Waals surface area contributed by atoms with Gasteiger partial charge in [-0.1, -0.05) is 18.5 Å². The Hall–Kier alpha value is -1.34. The Labute approximate surface area is 124 Å². The zero-order chi connectivity index (χ0) is 15.2. The van der Waals surface area contributed by atoms with Crippen LogP contribution in [0.1, 0.15) is 37.2 Å². The van der Waals surface area contributed by atoms with E-state index in [0.29, 0.717) is 11.7 Å². The van der Waals surface area contributed by atoms with Crippen molar-refractivity contribution in [1.82, 2.24) is 19.9 Å². The topological polar surface area (TPSA) is 42.2 Å². The highest BCUT2D eigenvalue weighted by atomic mass is 35.5. The molecule has 0 saturated carbocycles. The van der Waals surface area contributed by atoms with Crippen LogP contribution in [-0.4, -0.2) is 21.1 Å². The maximum Gasteiger partial charge on any atom is 0.417 e. The molecule has 3 heterocycles. The highest BCUT2D eigenvalue weighted by molar-refractivity contribution is 6.33. The lowest BCUT2D eigenvalue weighted by atomic mass is 9.94. The molecule has 2 aromatic rings. The first-order valence-corrected chi connectivity index (χ1v) is 7.09. The third-order valence-corrected chi connectivity index (χ3v) is 4.07. The summed E-state index contributed by atoms with van der Waals surface area (Å²) in [4.78, 5) is 0. The second-order valence-electron chi connectivity index (χ2n) is 5.46. The van der Waals surface area contributed by atoms with Gasteiger partial charge < -0.3 is 5.32 Å². The molecule has 0 radical (unpaired) electrons. The summed E-state index contributed by atoms with van der Waals surface area (Å²) < 4.78 is 40.1. The summed E-state index contributed by atoms with van der Waals surface area (Å²) in [5.74, 6) is 0.967. The molecule has 1 saturated heterocycles. The Morgan fingerprint density at radius 1 is 1.38 bits per heavy atom. The number of nitrogens with one attached hydrogen (secondary N) is 1. The molecule has 1 aliphatic rings. The van der Waals surface area contributed by atoms with Crippen LogP contribution in [-0.2, 0) is 6.18 Å². The molecule has 21 heavy (non-hydrogen) atoms. The Morgan fingerprint density at radius 2 is 2.14 bits per heavy atom. The summed E-state index contributed by atoms with van der Waals surface area (Å²) in [6.07, 6.45) is -1.58. The molecule has 0 bridgehead atoms. The van der Waals surface area contributed by atoms with Crippen molar-refractivity contribution < 1.29 is 13.2 Å². The van der Waals surface area contributed by atoms with Crippen LogP contribution in [0.4, 0.5) is 13.2 Å². The maximum atomic E-state index is 12.9. The quantitative estimate of drug-likeness (QED) is 0.875. The van der Waals surface area contributed by atoms with Gasteiger partial charge in [0.15, 0.2) is 11.5 Å². The highest BCUT2D eigenvalue weighted by Gasteiger charge is 2.33. The van der Waals surface area contributed by atoms with Crippen LogP contribution in [0, 0.1) is 5.92 Å². The largest absolute Gasteiger partial charge is 0.417 e. The first-order valence-electron chi connectivity index (χ1n) is 6.71. The van der Waals surface area contributed by atoms with E-state index < -0.39 is 11.7 Å². The van der Waals surface area contributed by atoms with Crippen molar-refractivity contribution in [3.05, 3.63) is 28.7 Å². The number of hydrogen-bond acceptors (Lipinski definition) is 3. The molecule has 0 spiro atoms. The maximum absolute atomic E-state index is 12.9. The molecule has 1 fully saturated rings. The molecule has 8 heteroatoms. The van der Waals surface area contributed by atoms with E-state index in [0.717, 1.165) is 31.6 Å². The van der Waals surface area contributed by atoms with Gasteiger partial charge in [-0.05, 0) is 31.4 Å². The summed E-state index contributed by atoms with van der Waals surface area (Å²) in [7, 11) is 0. The monoisotopic (exact) mass is 318 g/mol. The number of hydrogen-bond donors (Lipinski definition) is 1. The number of halogens is 4. The fourth-order valence-electron chi connectivity index (χ4n) is 2.67. The standard InChI is InChI=1S/C13H14ClF3N4/c1-7-2-3-18-10(4-7)12-20-19-11-9(14)5-8(6-21(11)12)13(15,16)17/h5-7,10,18H,2-4H2,1H3. The third kappa shape index (κ3) is 2.72. The van der Waals surface area contributed by atoms with Crippen molar-refractivity contribution in [1.29, 1.82) is 0 Å². The predicted octanol–water partition coefficient (Wildman–Crippen LogP) is 3.46. The second kappa shape index (κ2) is 5.14. The molecule has 114 valence electrons. The molecule has 3 rings (SSSR count). The fourth-order valence-corrected chi connectivity index (χ4v) is 2.91. The van der Waals surface area contributed by atoms with E-state index >= 15 is 0 Å². The summed E-state index contributed by atoms with van der Waals surface area (Å²) in [6, 6.07) is 0.773. The summed E-state index contributed by atoms with van der Waals surface area (Å²) >= 11 is 5.91. The minimum atomic E-state index is -4.45. The Morgan fingerprint density at radius 3 is 2.81 bits per heavy atom. The molecule has 2 atom stereocenters. The number of nitrogens with zero attached hydrogens (tertiary/aromatic N) is 3. The predicted molar refractivity (Wildman–Crippen MR) is 72.1 cm³/mol. The van der Waals surface area contributed by atoms with E-state index in [1.807, 2.05) is 0 Å². The van der Waals surface area contributed by atoms with Gasteiger partial charge in [0.1, 0.15) is 0 Å². The molecule has 0 amide bonds. The van der Waals surface area contributed by atoms with Gasteiger partial charge in [-0.3, -0.25) is 4.40 Å². The van der Waals surface area contributed by atoms with Crippen molar-refractivity contribution in [2.24, 2.45) is 5.92 Å². The van der Waals surface area contributed by atoms with E-state index in [9.17, 15) is 13.2 Å². The van der Waals surface area contributed by atoms with Crippen LogP contribution in [0.2, 0.25) is 5.02 Å². The van der Waals surface area contributed by atoms with Crippen LogP contribution in [0.25, 0.3) is 5.65 Å². The summed E-state index contributed by atoms with van der Waals surface area (Å²) in [6.45, 7) is 2.93. The number of piperidine rings is 1. The normalized spacial score (nSPS) is 23.7. The molecular formula is C13H14ClF3N4. The van der Waals surface area contributed by atoms with Crippen molar-refractivity contribution in [3.8, 4) is 0 Å². The van der Waals surface area contributed by atoms with Gasteiger partial charge in [-0.25, -0.2) is 0 Å². The minimum absolute atomic E-state index is 0.0487. The van der Waals surface area contributed by atoms with Crippen LogP contribution in [0.15, 0.2) is 12.3 Å². The lowest BCUT2D eigenvalue weighted by molar-refractivity contribution is -0.137. The average Bonchev–Trinajstić information content (AvgIpc) is 2.82. The Bertz CT molecular complexity index is 667. The second-order valence-corrected chi connectivity index (χ2v) is 5.87. The number of aromatic nitrogens is 3. The van der Waals surface area contributed by atoms with Crippen molar-refractivity contribution in [2.75, 3.05) is 6.54 Å². The zero-order valence-electron chi connectivity index (χ0n) is 11.3. The smallest absolute Gasteiger partial charge is 0.307 e. The van der Waals surface area contributed by atoms with E-state index in [-0.39, 0.29) is 16.7 Å². The van der Waals surface area contributed by atoms with Gasteiger partial charge in [0.05, 0.1) is 16.6 Å². The van der Waals surface area contributed by atoms with Gasteiger partial charge in [0.2, 0.25) is 0 Å². The molecule has 2 unspecified atom stereocenters. The number of rotatable bonds is 1. The van der Waals surface area contributed by atoms with Crippen LogP contribution < -0.4 is 5.32 Å². The number of fused-ring (bicyclic) bond motifs is 1. The highest BCUT2D eigenvalue weighted by Crippen LogP contribution is 2.33. The number of pyridine rings is 1. The molecule has 0 aliphatic carbocycles. The molecule has 0 aromatic carbocycles. The SMILES string of the molecule is CC1CCNC(c2nnc3c(Cl)cc(C(F)(F)F)cn23)C1. The number of alkyl halides is 3. The average molecular weight is 319 g/mol. The Balaban J connectivity index is 2.09. The minimum Gasteiger partial charge on any atom is -0.307 e. The van der Waals surface area contributed by atoms with Gasteiger partial charge in [0.25, 0.3) is 0 Å². The van der Waals surface area contributed by atoms with Gasteiger partial charge in [0, 0.05) is 6.20 Å². The zero-order valence-corrected chi connectivity index (χ0v) is 12.0. The van der Waals surface area contributed by atoms with E-state index in [4.69, 9.17) is 11.6 Å². The fraction of sp³-hybridized carbons (Fsp3) is 0.538. The summed E-state index contributed by atoms with van der Waals surface area (Å²) in [5.41, 5.74) is -0.551. The first-order chi connectivity index (χ1) is 9.86. The van der Waals surface area contributed by atoms with E-state index in [1.54, 1.807) is 0 Å². The van der Waals surface area contributed by atoms with Gasteiger partial charge in [-0.15, -0.1) is 10.2 Å². The van der Waals surface area contributed by atoms with Crippen LogP contribution in [0.5, 0.6) is 0 Å². The molecule has 2 aromatic heterocycles. The molecular weight excluding hydrogens is 305 g/mol. The molecule has 4 nitrogen and oxygen atoms in total. The van der Waals surface area contributed by atoms with E-state index in [1.165, 1.54) is 4.40 Å². The lowest BCUT2D eigenvalue weighted by Gasteiger charge is -2.27. The van der Waals surface area contributed by atoms with E-state index in [2.05, 4.69) is 22.4 Å². The lowest BCUT2D eigenvalue weighted by Crippen LogP contribution is -2.32. The molecule has 1 N–H and O–H groups in total. The Kier molecular flexibility index (Phi) is 3.57. The van der Waals surface area contributed by atoms with Crippen molar-refractivity contribution in [3.63, 3.8) is 0 Å². The van der Waals surface area contributed by atoms with Crippen molar-refractivity contribution >= 4 is 17.2 Å². The van der Waals surface area contributed by atoms with Crippen LogP contribution >= 0.6 is 11.6 Å². The molecule has 1 aliphatic heterocycles. The third-order valence-electron chi connectivity index (χ3n) is 3.79. The summed E-state index contributed by atoms with van der Waals surface area (Å²) in [5, 5.41) is 11.2. The van der Waals surface area contributed by atoms with Crippen molar-refractivity contribution in [2.45, 2.75) is 32.0 Å². The van der Waals surface area contributed by atoms with Gasteiger partial charge >= 0.3 is 6.18 Å². The van der Waals surface area contributed by atoms with Crippen LogP contribution in [0.3, 0.4) is 0 Å².